The molecule has 0 bridgehead atoms. The fourth-order valence-corrected chi connectivity index (χ4v) is 4.99. The van der Waals surface area contributed by atoms with Crippen LogP contribution in [0.3, 0.4) is 0 Å². The molecule has 0 saturated carbocycles. The number of nitrogens with zero attached hydrogens (tertiary/aromatic N) is 2. The maximum Gasteiger partial charge on any atom is 0.254 e. The lowest BCUT2D eigenvalue weighted by Gasteiger charge is -2.28. The number of rotatable bonds is 7. The van der Waals surface area contributed by atoms with Crippen molar-refractivity contribution in [2.45, 2.75) is 44.1 Å². The molecule has 3 aromatic rings. The van der Waals surface area contributed by atoms with Gasteiger partial charge in [0.1, 0.15) is 11.8 Å². The standard InChI is InChI=1S/C28H27BrN2O5/c1-2-16-35-23-14-12-22(13-15-23)30-26(32)17-24(27(30)33)31-25(19-6-4-3-5-7-19)18-28(34,36-31)20-8-10-21(29)11-9-20/h3-15,24-25,34H,2,16-18H2,1H3/t24-,25+,28+/m0/s1. The molecule has 186 valence electrons. The maximum atomic E-state index is 13.6. The molecule has 3 atom stereocenters. The third-order valence-corrected chi connectivity index (χ3v) is 7.04. The molecule has 2 aliphatic rings. The molecule has 5 rings (SSSR count). The van der Waals surface area contributed by atoms with Gasteiger partial charge in [-0.25, -0.2) is 4.90 Å². The molecule has 2 amide bonds. The molecule has 0 aromatic heterocycles. The zero-order valence-electron chi connectivity index (χ0n) is 19.8. The SMILES string of the molecule is CCCOc1ccc(N2C(=O)C[C@H](N3O[C@@](O)(c4ccc(Br)cc4)C[C@@H]3c3ccccc3)C2=O)cc1. The van der Waals surface area contributed by atoms with E-state index >= 15 is 0 Å². The number of aliphatic hydroxyl groups is 1. The third kappa shape index (κ3) is 4.69. The van der Waals surface area contributed by atoms with Crippen LogP contribution < -0.4 is 9.64 Å². The van der Waals surface area contributed by atoms with Crippen LogP contribution in [0.25, 0.3) is 0 Å². The van der Waals surface area contributed by atoms with E-state index in [1.165, 1.54) is 9.96 Å². The number of ether oxygens (including phenoxy) is 1. The third-order valence-electron chi connectivity index (χ3n) is 6.51. The van der Waals surface area contributed by atoms with Crippen LogP contribution in [-0.4, -0.2) is 34.6 Å². The predicted octanol–water partition coefficient (Wildman–Crippen LogP) is 5.09. The minimum Gasteiger partial charge on any atom is -0.494 e. The Morgan fingerprint density at radius 3 is 2.36 bits per heavy atom. The van der Waals surface area contributed by atoms with Gasteiger partial charge < -0.3 is 9.84 Å². The molecule has 2 heterocycles. The second kappa shape index (κ2) is 10.1. The summed E-state index contributed by atoms with van der Waals surface area (Å²) in [6.45, 7) is 2.62. The molecule has 0 aliphatic carbocycles. The van der Waals surface area contributed by atoms with Crippen LogP contribution in [0.1, 0.15) is 43.4 Å². The monoisotopic (exact) mass is 550 g/mol. The molecule has 1 N–H and O–H groups in total. The molecule has 3 aromatic carbocycles. The largest absolute Gasteiger partial charge is 0.494 e. The van der Waals surface area contributed by atoms with E-state index in [2.05, 4.69) is 15.9 Å². The van der Waals surface area contributed by atoms with E-state index in [1.54, 1.807) is 36.4 Å². The van der Waals surface area contributed by atoms with Crippen molar-refractivity contribution in [1.29, 1.82) is 0 Å². The van der Waals surface area contributed by atoms with E-state index in [0.717, 1.165) is 16.5 Å². The Labute approximate surface area is 218 Å². The fourth-order valence-electron chi connectivity index (χ4n) is 4.73. The number of benzene rings is 3. The Kier molecular flexibility index (Phi) is 6.94. The zero-order valence-corrected chi connectivity index (χ0v) is 21.4. The second-order valence-electron chi connectivity index (χ2n) is 9.00. The van der Waals surface area contributed by atoms with Crippen LogP contribution in [0.5, 0.6) is 5.75 Å². The Morgan fingerprint density at radius 2 is 1.69 bits per heavy atom. The molecule has 2 saturated heterocycles. The number of hydrogen-bond acceptors (Lipinski definition) is 6. The topological polar surface area (TPSA) is 79.3 Å². The van der Waals surface area contributed by atoms with E-state index in [9.17, 15) is 14.7 Å². The van der Waals surface area contributed by atoms with Gasteiger partial charge in [-0.1, -0.05) is 65.3 Å². The van der Waals surface area contributed by atoms with E-state index in [0.29, 0.717) is 23.6 Å². The summed E-state index contributed by atoms with van der Waals surface area (Å²) in [5.74, 6) is -1.66. The van der Waals surface area contributed by atoms with Crippen molar-refractivity contribution in [3.8, 4) is 5.75 Å². The molecule has 2 aliphatic heterocycles. The minimum absolute atomic E-state index is 0.0489. The number of carbonyl (C=O) groups excluding carboxylic acids is 2. The number of carbonyl (C=O) groups is 2. The molecule has 7 nitrogen and oxygen atoms in total. The van der Waals surface area contributed by atoms with Gasteiger partial charge >= 0.3 is 0 Å². The van der Waals surface area contributed by atoms with Crippen LogP contribution in [0, 0.1) is 0 Å². The molecule has 0 unspecified atom stereocenters. The molecule has 0 radical (unpaired) electrons. The molecule has 2 fully saturated rings. The Morgan fingerprint density at radius 1 is 1.00 bits per heavy atom. The average molecular weight is 551 g/mol. The van der Waals surface area contributed by atoms with Gasteiger partial charge in [-0.15, -0.1) is 0 Å². The normalized spacial score (nSPS) is 24.5. The highest BCUT2D eigenvalue weighted by Crippen LogP contribution is 2.47. The molecular weight excluding hydrogens is 524 g/mol. The number of anilines is 1. The van der Waals surface area contributed by atoms with Gasteiger partial charge in [0.15, 0.2) is 0 Å². The fraction of sp³-hybridized carbons (Fsp3) is 0.286. The van der Waals surface area contributed by atoms with Crippen molar-refractivity contribution in [2.75, 3.05) is 11.5 Å². The van der Waals surface area contributed by atoms with Crippen LogP contribution >= 0.6 is 15.9 Å². The average Bonchev–Trinajstić information content (AvgIpc) is 3.40. The minimum atomic E-state index is -1.64. The van der Waals surface area contributed by atoms with Gasteiger partial charge in [0, 0.05) is 16.5 Å². The molecular formula is C28H27BrN2O5. The highest BCUT2D eigenvalue weighted by atomic mass is 79.9. The van der Waals surface area contributed by atoms with Crippen LogP contribution in [0.15, 0.2) is 83.3 Å². The first-order chi connectivity index (χ1) is 17.4. The van der Waals surface area contributed by atoms with Crippen LogP contribution in [0.4, 0.5) is 5.69 Å². The van der Waals surface area contributed by atoms with Crippen molar-refractivity contribution < 1.29 is 24.3 Å². The summed E-state index contributed by atoms with van der Waals surface area (Å²) in [6.07, 6.45) is 1.05. The number of amides is 2. The molecule has 8 heteroatoms. The Balaban J connectivity index is 1.44. The van der Waals surface area contributed by atoms with Gasteiger partial charge in [-0.2, -0.15) is 5.06 Å². The van der Waals surface area contributed by atoms with Crippen molar-refractivity contribution in [2.24, 2.45) is 0 Å². The van der Waals surface area contributed by atoms with Crippen LogP contribution in [0.2, 0.25) is 0 Å². The van der Waals surface area contributed by atoms with Gasteiger partial charge in [-0.3, -0.25) is 14.4 Å². The molecule has 0 spiro atoms. The summed E-state index contributed by atoms with van der Waals surface area (Å²) in [5, 5.41) is 13.1. The lowest BCUT2D eigenvalue weighted by Crippen LogP contribution is -2.42. The summed E-state index contributed by atoms with van der Waals surface area (Å²) in [6, 6.07) is 22.4. The van der Waals surface area contributed by atoms with Gasteiger partial charge in [0.2, 0.25) is 11.7 Å². The summed E-state index contributed by atoms with van der Waals surface area (Å²) >= 11 is 3.42. The van der Waals surface area contributed by atoms with Gasteiger partial charge in [-0.05, 0) is 48.4 Å². The van der Waals surface area contributed by atoms with Crippen molar-refractivity contribution in [3.05, 3.63) is 94.5 Å². The number of hydroxylamine groups is 2. The van der Waals surface area contributed by atoms with Gasteiger partial charge in [0.05, 0.1) is 24.8 Å². The number of hydrogen-bond donors (Lipinski definition) is 1. The van der Waals surface area contributed by atoms with Crippen LogP contribution in [-0.2, 0) is 20.2 Å². The lowest BCUT2D eigenvalue weighted by atomic mass is 9.94. The first kappa shape index (κ1) is 24.6. The summed E-state index contributed by atoms with van der Waals surface area (Å²) in [4.78, 5) is 34.0. The Bertz CT molecular complexity index is 1240. The van der Waals surface area contributed by atoms with E-state index in [1.807, 2.05) is 49.4 Å². The predicted molar refractivity (Wildman–Crippen MR) is 138 cm³/mol. The van der Waals surface area contributed by atoms with Gasteiger partial charge in [0.25, 0.3) is 5.91 Å². The van der Waals surface area contributed by atoms with Crippen molar-refractivity contribution in [3.63, 3.8) is 0 Å². The maximum absolute atomic E-state index is 13.6. The second-order valence-corrected chi connectivity index (χ2v) is 9.92. The van der Waals surface area contributed by atoms with Crippen molar-refractivity contribution in [1.82, 2.24) is 5.06 Å². The Hall–Kier alpha value is -3.04. The molecule has 36 heavy (non-hydrogen) atoms. The summed E-state index contributed by atoms with van der Waals surface area (Å²) in [7, 11) is 0. The van der Waals surface area contributed by atoms with E-state index in [4.69, 9.17) is 9.57 Å². The highest BCUT2D eigenvalue weighted by Gasteiger charge is 2.54. The zero-order chi connectivity index (χ0) is 25.3. The number of halogens is 1. The summed E-state index contributed by atoms with van der Waals surface area (Å²) < 4.78 is 6.49. The number of imide groups is 1. The lowest BCUT2D eigenvalue weighted by molar-refractivity contribution is -0.303. The summed E-state index contributed by atoms with van der Waals surface area (Å²) in [5.41, 5.74) is 1.95. The van der Waals surface area contributed by atoms with E-state index in [-0.39, 0.29) is 24.7 Å². The quantitative estimate of drug-likeness (QED) is 0.412. The van der Waals surface area contributed by atoms with E-state index < -0.39 is 17.9 Å². The van der Waals surface area contributed by atoms with Crippen molar-refractivity contribution >= 4 is 33.4 Å². The smallest absolute Gasteiger partial charge is 0.254 e. The first-order valence-corrected chi connectivity index (χ1v) is 12.8. The highest BCUT2D eigenvalue weighted by molar-refractivity contribution is 9.10. The first-order valence-electron chi connectivity index (χ1n) is 12.0.